The Morgan fingerprint density at radius 3 is 2.35 bits per heavy atom. The van der Waals surface area contributed by atoms with Gasteiger partial charge in [0.25, 0.3) is 0 Å². The molecule has 3 fully saturated rings. The molecule has 2 aliphatic heterocycles. The van der Waals surface area contributed by atoms with Gasteiger partial charge in [0.1, 0.15) is 11.2 Å². The molecule has 37 heavy (non-hydrogen) atoms. The number of halogens is 2. The highest BCUT2D eigenvalue weighted by molar-refractivity contribution is 7.92. The molecule has 2 saturated heterocycles. The number of pyridine rings is 1. The van der Waals surface area contributed by atoms with E-state index in [0.717, 1.165) is 31.9 Å². The van der Waals surface area contributed by atoms with Gasteiger partial charge in [0.15, 0.2) is 9.84 Å². The number of piperazine rings is 1. The highest BCUT2D eigenvalue weighted by atomic mass is 35.5. The van der Waals surface area contributed by atoms with Crippen LogP contribution in [-0.4, -0.2) is 91.2 Å². The number of carboxylic acids is 1. The van der Waals surface area contributed by atoms with Crippen molar-refractivity contribution >= 4 is 50.6 Å². The standard InChI is InChI=1S/C25H28Cl2N4O5S/c1-29-8-10-30(11-9-29)17-3-4-21(19(26)12-17)37(35,36)18-13-20(23(32)33)31(15-18)24(34)25(6-7-25)16-2-5-22(27)28-14-16/h2-5,12,14,18,20H,6-11,13,15H2,1H3,(H,32,33)/t18-,20+/m1/s1. The molecule has 5 rings (SSSR count). The fourth-order valence-electron chi connectivity index (χ4n) is 5.33. The Morgan fingerprint density at radius 2 is 1.78 bits per heavy atom. The molecule has 198 valence electrons. The number of nitrogens with zero attached hydrogens (tertiary/aromatic N) is 4. The molecule has 0 radical (unpaired) electrons. The molecule has 1 N–H and O–H groups in total. The summed E-state index contributed by atoms with van der Waals surface area (Å²) in [5.41, 5.74) is 0.599. The number of hydrogen-bond acceptors (Lipinski definition) is 7. The van der Waals surface area contributed by atoms with Gasteiger partial charge >= 0.3 is 5.97 Å². The molecule has 1 aliphatic carbocycles. The smallest absolute Gasteiger partial charge is 0.326 e. The number of likely N-dealkylation sites (tertiary alicyclic amines) is 1. The lowest BCUT2D eigenvalue weighted by atomic mass is 9.95. The third kappa shape index (κ3) is 4.80. The highest BCUT2D eigenvalue weighted by Gasteiger charge is 2.57. The average molecular weight is 567 g/mol. The number of sulfone groups is 1. The second-order valence-corrected chi connectivity index (χ2v) is 13.1. The van der Waals surface area contributed by atoms with Crippen LogP contribution in [0.15, 0.2) is 41.4 Å². The lowest BCUT2D eigenvalue weighted by Crippen LogP contribution is -2.46. The Labute approximate surface area is 225 Å². The Bertz CT molecular complexity index is 1330. The van der Waals surface area contributed by atoms with E-state index >= 15 is 0 Å². The summed E-state index contributed by atoms with van der Waals surface area (Å²) in [7, 11) is -1.95. The molecular weight excluding hydrogens is 539 g/mol. The summed E-state index contributed by atoms with van der Waals surface area (Å²) in [6.45, 7) is 3.20. The number of carbonyl (C=O) groups is 2. The Balaban J connectivity index is 1.39. The first-order valence-electron chi connectivity index (χ1n) is 12.2. The van der Waals surface area contributed by atoms with E-state index in [1.54, 1.807) is 24.3 Å². The maximum atomic E-state index is 13.6. The molecule has 0 spiro atoms. The van der Waals surface area contributed by atoms with Gasteiger partial charge in [-0.05, 0) is 56.1 Å². The third-order valence-corrected chi connectivity index (χ3v) is 10.6. The Hall–Kier alpha value is -2.40. The van der Waals surface area contributed by atoms with Crippen molar-refractivity contribution in [2.45, 2.75) is 40.9 Å². The number of anilines is 1. The number of amides is 1. The minimum Gasteiger partial charge on any atom is -0.480 e. The van der Waals surface area contributed by atoms with E-state index in [2.05, 4.69) is 21.8 Å². The number of aliphatic carboxylic acids is 1. The highest BCUT2D eigenvalue weighted by Crippen LogP contribution is 2.50. The van der Waals surface area contributed by atoms with Crippen molar-refractivity contribution in [2.24, 2.45) is 0 Å². The first-order chi connectivity index (χ1) is 17.5. The molecule has 1 aromatic heterocycles. The molecule has 1 saturated carbocycles. The summed E-state index contributed by atoms with van der Waals surface area (Å²) >= 11 is 12.4. The molecule has 3 aliphatic rings. The van der Waals surface area contributed by atoms with Crippen LogP contribution in [0, 0.1) is 0 Å². The van der Waals surface area contributed by atoms with Crippen molar-refractivity contribution < 1.29 is 23.1 Å². The lowest BCUT2D eigenvalue weighted by Gasteiger charge is -2.34. The first kappa shape index (κ1) is 26.2. The monoisotopic (exact) mass is 566 g/mol. The predicted octanol–water partition coefficient (Wildman–Crippen LogP) is 2.70. The van der Waals surface area contributed by atoms with Gasteiger partial charge in [-0.15, -0.1) is 0 Å². The topological polar surface area (TPSA) is 111 Å². The SMILES string of the molecule is CN1CCN(c2ccc(S(=O)(=O)[C@@H]3C[C@@H](C(=O)O)N(C(=O)C4(c5ccc(Cl)nc5)CC4)C3)c(Cl)c2)CC1. The van der Waals surface area contributed by atoms with Crippen molar-refractivity contribution in [3.63, 3.8) is 0 Å². The van der Waals surface area contributed by atoms with Gasteiger partial charge in [-0.25, -0.2) is 18.2 Å². The van der Waals surface area contributed by atoms with Crippen LogP contribution in [0.5, 0.6) is 0 Å². The van der Waals surface area contributed by atoms with Gasteiger partial charge in [-0.2, -0.15) is 0 Å². The van der Waals surface area contributed by atoms with Crippen LogP contribution in [0.4, 0.5) is 5.69 Å². The van der Waals surface area contributed by atoms with Crippen molar-refractivity contribution in [1.82, 2.24) is 14.8 Å². The Morgan fingerprint density at radius 1 is 1.08 bits per heavy atom. The molecule has 1 aromatic carbocycles. The summed E-state index contributed by atoms with van der Waals surface area (Å²) in [5.74, 6) is -1.62. The molecule has 12 heteroatoms. The van der Waals surface area contributed by atoms with Gasteiger partial charge in [0.05, 0.1) is 20.6 Å². The number of hydrogen-bond donors (Lipinski definition) is 1. The molecule has 3 heterocycles. The fraction of sp³-hybridized carbons (Fsp3) is 0.480. The van der Waals surface area contributed by atoms with Crippen molar-refractivity contribution in [2.75, 3.05) is 44.7 Å². The Kier molecular flexibility index (Phi) is 6.89. The molecule has 0 unspecified atom stereocenters. The van der Waals surface area contributed by atoms with Crippen LogP contribution in [0.3, 0.4) is 0 Å². The summed E-state index contributed by atoms with van der Waals surface area (Å²) < 4.78 is 27.3. The summed E-state index contributed by atoms with van der Waals surface area (Å²) in [4.78, 5) is 35.3. The molecular formula is C25H28Cl2N4O5S. The van der Waals surface area contributed by atoms with Crippen LogP contribution < -0.4 is 4.90 Å². The van der Waals surface area contributed by atoms with Gasteiger partial charge in [0.2, 0.25) is 5.91 Å². The van der Waals surface area contributed by atoms with Crippen molar-refractivity contribution in [3.8, 4) is 0 Å². The molecule has 0 bridgehead atoms. The maximum Gasteiger partial charge on any atom is 0.326 e. The zero-order valence-electron chi connectivity index (χ0n) is 20.3. The normalized spacial score (nSPS) is 23.8. The average Bonchev–Trinajstić information content (AvgIpc) is 3.54. The van der Waals surface area contributed by atoms with Crippen LogP contribution in [0.2, 0.25) is 10.2 Å². The van der Waals surface area contributed by atoms with Crippen molar-refractivity contribution in [1.29, 1.82) is 0 Å². The molecule has 9 nitrogen and oxygen atoms in total. The first-order valence-corrected chi connectivity index (χ1v) is 14.5. The second kappa shape index (κ2) is 9.72. The quantitative estimate of drug-likeness (QED) is 0.531. The maximum absolute atomic E-state index is 13.6. The second-order valence-electron chi connectivity index (χ2n) is 10.1. The van der Waals surface area contributed by atoms with Crippen LogP contribution in [0.25, 0.3) is 0 Å². The van der Waals surface area contributed by atoms with Gasteiger partial charge < -0.3 is 19.8 Å². The van der Waals surface area contributed by atoms with E-state index in [0.29, 0.717) is 23.6 Å². The number of benzene rings is 1. The van der Waals surface area contributed by atoms with Crippen LogP contribution >= 0.6 is 23.2 Å². The van der Waals surface area contributed by atoms with Crippen LogP contribution in [-0.2, 0) is 24.8 Å². The zero-order valence-corrected chi connectivity index (χ0v) is 22.6. The van der Waals surface area contributed by atoms with Gasteiger partial charge in [-0.1, -0.05) is 29.3 Å². The summed E-state index contributed by atoms with van der Waals surface area (Å²) in [6, 6.07) is 6.94. The van der Waals surface area contributed by atoms with E-state index in [-0.39, 0.29) is 22.9 Å². The molecule has 2 atom stereocenters. The minimum atomic E-state index is -4.00. The van der Waals surface area contributed by atoms with E-state index in [1.807, 2.05) is 0 Å². The van der Waals surface area contributed by atoms with Gasteiger partial charge in [-0.3, -0.25) is 4.79 Å². The van der Waals surface area contributed by atoms with E-state index in [9.17, 15) is 23.1 Å². The third-order valence-electron chi connectivity index (χ3n) is 7.78. The summed E-state index contributed by atoms with van der Waals surface area (Å²) in [6.07, 6.45) is 2.40. The van der Waals surface area contributed by atoms with Gasteiger partial charge in [0, 0.05) is 44.6 Å². The number of aromatic nitrogens is 1. The largest absolute Gasteiger partial charge is 0.480 e. The lowest BCUT2D eigenvalue weighted by molar-refractivity contribution is -0.149. The minimum absolute atomic E-state index is 0.0430. The van der Waals surface area contributed by atoms with E-state index < -0.39 is 38.4 Å². The number of likely N-dealkylation sites (N-methyl/N-ethyl adjacent to an activating group) is 1. The van der Waals surface area contributed by atoms with Crippen molar-refractivity contribution in [3.05, 3.63) is 52.3 Å². The predicted molar refractivity (Wildman–Crippen MR) is 140 cm³/mol. The van der Waals surface area contributed by atoms with Crippen LogP contribution in [0.1, 0.15) is 24.8 Å². The number of carbonyl (C=O) groups excluding carboxylic acids is 1. The zero-order chi connectivity index (χ0) is 26.5. The molecule has 1 amide bonds. The number of carboxylic acid groups (broad SMARTS) is 1. The van der Waals surface area contributed by atoms with E-state index in [4.69, 9.17) is 23.2 Å². The number of rotatable bonds is 6. The summed E-state index contributed by atoms with van der Waals surface area (Å²) in [5, 5.41) is 9.19. The fourth-order valence-corrected chi connectivity index (χ4v) is 7.68. The van der Waals surface area contributed by atoms with E-state index in [1.165, 1.54) is 17.2 Å². The molecule has 2 aromatic rings.